The molecule has 1 atom stereocenters. The van der Waals surface area contributed by atoms with E-state index >= 15 is 0 Å². The van der Waals surface area contributed by atoms with Crippen LogP contribution in [-0.2, 0) is 0 Å². The third-order valence-corrected chi connectivity index (χ3v) is 3.02. The monoisotopic (exact) mass is 251 g/mol. The zero-order valence-electron chi connectivity index (χ0n) is 12.5. The summed E-state index contributed by atoms with van der Waals surface area (Å²) in [5, 5.41) is 12.6. The number of hydrogen-bond acceptors (Lipinski definition) is 2. The molecule has 0 aromatic heterocycles. The summed E-state index contributed by atoms with van der Waals surface area (Å²) in [6.45, 7) is 12.2. The highest BCUT2D eigenvalue weighted by atomic mass is 16.3. The molecule has 104 valence electrons. The van der Waals surface area contributed by atoms with Gasteiger partial charge in [-0.25, -0.2) is 0 Å². The van der Waals surface area contributed by atoms with Crippen LogP contribution in [0.1, 0.15) is 39.7 Å². The van der Waals surface area contributed by atoms with Gasteiger partial charge in [-0.3, -0.25) is 0 Å². The molecule has 1 aromatic carbocycles. The highest BCUT2D eigenvalue weighted by molar-refractivity contribution is 5.11. The van der Waals surface area contributed by atoms with Crippen LogP contribution in [0, 0.1) is 12.3 Å². The summed E-state index contributed by atoms with van der Waals surface area (Å²) in [5.41, 5.74) is 1.40. The molecule has 1 heterocycles. The van der Waals surface area contributed by atoms with Gasteiger partial charge in [-0.2, -0.15) is 0 Å². The van der Waals surface area contributed by atoms with Crippen LogP contribution in [0.5, 0.6) is 0 Å². The second-order valence-electron chi connectivity index (χ2n) is 5.12. The lowest BCUT2D eigenvalue weighted by molar-refractivity contribution is 0.0242. The van der Waals surface area contributed by atoms with E-state index in [-0.39, 0.29) is 11.5 Å². The molecule has 2 heteroatoms. The molecular weight excluding hydrogens is 222 g/mol. The number of hydrogen-bond donors (Lipinski definition) is 2. The van der Waals surface area contributed by atoms with Crippen molar-refractivity contribution >= 4 is 0 Å². The van der Waals surface area contributed by atoms with E-state index in [2.05, 4.69) is 38.2 Å². The predicted molar refractivity (Wildman–Crippen MR) is 79.8 cm³/mol. The predicted octanol–water partition coefficient (Wildman–Crippen LogP) is 3.39. The van der Waals surface area contributed by atoms with Crippen LogP contribution in [0.25, 0.3) is 0 Å². The summed E-state index contributed by atoms with van der Waals surface area (Å²) >= 11 is 0. The summed E-state index contributed by atoms with van der Waals surface area (Å²) in [6, 6.07) is 10.3. The van der Waals surface area contributed by atoms with Crippen molar-refractivity contribution < 1.29 is 5.11 Å². The average molecular weight is 251 g/mol. The van der Waals surface area contributed by atoms with Gasteiger partial charge in [0.15, 0.2) is 0 Å². The van der Waals surface area contributed by atoms with Crippen molar-refractivity contribution in [3.05, 3.63) is 35.9 Å². The minimum Gasteiger partial charge on any atom is -0.392 e. The Morgan fingerprint density at radius 1 is 1.17 bits per heavy atom. The lowest BCUT2D eigenvalue weighted by Crippen LogP contribution is -2.45. The van der Waals surface area contributed by atoms with Crippen LogP contribution >= 0.6 is 0 Å². The van der Waals surface area contributed by atoms with Crippen molar-refractivity contribution in [3.63, 3.8) is 0 Å². The molecular formula is C16H29NO. The van der Waals surface area contributed by atoms with E-state index in [1.165, 1.54) is 5.56 Å². The summed E-state index contributed by atoms with van der Waals surface area (Å²) in [7, 11) is 0. The normalized spacial score (nSPS) is 20.9. The van der Waals surface area contributed by atoms with Crippen molar-refractivity contribution in [2.24, 2.45) is 5.41 Å². The molecule has 2 nitrogen and oxygen atoms in total. The van der Waals surface area contributed by atoms with Crippen LogP contribution in [0.3, 0.4) is 0 Å². The number of piperidine rings is 1. The Bertz CT molecular complexity index is 295. The third-order valence-electron chi connectivity index (χ3n) is 3.02. The highest BCUT2D eigenvalue weighted by Gasteiger charge is 2.29. The Kier molecular flexibility index (Phi) is 8.69. The first kappa shape index (κ1) is 17.1. The van der Waals surface area contributed by atoms with Crippen molar-refractivity contribution in [2.75, 3.05) is 13.1 Å². The quantitative estimate of drug-likeness (QED) is 0.741. The van der Waals surface area contributed by atoms with Gasteiger partial charge in [0.25, 0.3) is 0 Å². The first-order valence-corrected chi connectivity index (χ1v) is 6.93. The summed E-state index contributed by atoms with van der Waals surface area (Å²) in [5.74, 6) is 0. The van der Waals surface area contributed by atoms with E-state index < -0.39 is 0 Å². The van der Waals surface area contributed by atoms with Crippen LogP contribution in [0.15, 0.2) is 30.3 Å². The summed E-state index contributed by atoms with van der Waals surface area (Å²) < 4.78 is 0. The molecule has 0 bridgehead atoms. The molecule has 1 aromatic rings. The lowest BCUT2D eigenvalue weighted by Gasteiger charge is -2.35. The van der Waals surface area contributed by atoms with Crippen LogP contribution in [-0.4, -0.2) is 24.3 Å². The van der Waals surface area contributed by atoms with Crippen LogP contribution in [0.4, 0.5) is 0 Å². The molecule has 0 aliphatic carbocycles. The van der Waals surface area contributed by atoms with Gasteiger partial charge in [0.2, 0.25) is 0 Å². The van der Waals surface area contributed by atoms with E-state index in [0.29, 0.717) is 0 Å². The first-order chi connectivity index (χ1) is 8.52. The first-order valence-electron chi connectivity index (χ1n) is 6.93. The van der Waals surface area contributed by atoms with Gasteiger partial charge < -0.3 is 10.4 Å². The fourth-order valence-electron chi connectivity index (χ4n) is 1.69. The van der Waals surface area contributed by atoms with Crippen molar-refractivity contribution in [1.82, 2.24) is 5.32 Å². The minimum atomic E-state index is -0.112. The van der Waals surface area contributed by atoms with E-state index in [1.807, 2.05) is 32.0 Å². The Morgan fingerprint density at radius 2 is 1.72 bits per heavy atom. The molecule has 0 spiro atoms. The Morgan fingerprint density at radius 3 is 2.00 bits per heavy atom. The molecule has 1 saturated heterocycles. The molecule has 0 radical (unpaired) electrons. The molecule has 2 N–H and O–H groups in total. The largest absolute Gasteiger partial charge is 0.392 e. The molecule has 1 aliphatic rings. The smallest absolute Gasteiger partial charge is 0.0615 e. The fourth-order valence-corrected chi connectivity index (χ4v) is 1.69. The molecule has 1 fully saturated rings. The molecule has 18 heavy (non-hydrogen) atoms. The van der Waals surface area contributed by atoms with Gasteiger partial charge in [0.1, 0.15) is 0 Å². The van der Waals surface area contributed by atoms with Gasteiger partial charge in [-0.05, 0) is 19.9 Å². The summed E-state index contributed by atoms with van der Waals surface area (Å²) in [4.78, 5) is 0. The molecule has 0 amide bonds. The van der Waals surface area contributed by atoms with E-state index in [1.54, 1.807) is 0 Å². The number of aliphatic hydroxyl groups is 1. The lowest BCUT2D eigenvalue weighted by atomic mass is 9.82. The number of benzene rings is 1. The standard InChI is InChI=1S/C7H15NO.C7H8.C2H6/c1-7(2)5-8-4-3-6(7)9;1-7-5-3-2-4-6-7;1-2/h6,8-9H,3-5H2,1-2H3;2-6H,1H3;1-2H3. The zero-order valence-corrected chi connectivity index (χ0v) is 12.5. The van der Waals surface area contributed by atoms with Crippen LogP contribution in [0.2, 0.25) is 0 Å². The molecule has 1 unspecified atom stereocenters. The maximum atomic E-state index is 9.40. The topological polar surface area (TPSA) is 32.3 Å². The Labute approximate surface area is 112 Å². The highest BCUT2D eigenvalue weighted by Crippen LogP contribution is 2.24. The van der Waals surface area contributed by atoms with Gasteiger partial charge in [0, 0.05) is 12.0 Å². The molecule has 1 aliphatic heterocycles. The van der Waals surface area contributed by atoms with Crippen LogP contribution < -0.4 is 5.32 Å². The van der Waals surface area contributed by atoms with Crippen molar-refractivity contribution in [3.8, 4) is 0 Å². The molecule has 0 saturated carbocycles. The Balaban J connectivity index is 0.000000289. The average Bonchev–Trinajstić information content (AvgIpc) is 2.37. The maximum absolute atomic E-state index is 9.40. The van der Waals surface area contributed by atoms with E-state index in [4.69, 9.17) is 0 Å². The fraction of sp³-hybridized carbons (Fsp3) is 0.625. The summed E-state index contributed by atoms with van der Waals surface area (Å²) in [6.07, 6.45) is 0.784. The SMILES string of the molecule is CC.CC1(C)CNCCC1O.Cc1ccccc1. The second kappa shape index (κ2) is 9.12. The number of rotatable bonds is 0. The van der Waals surface area contributed by atoms with Gasteiger partial charge >= 0.3 is 0 Å². The van der Waals surface area contributed by atoms with Gasteiger partial charge in [0.05, 0.1) is 6.10 Å². The minimum absolute atomic E-state index is 0.0816. The van der Waals surface area contributed by atoms with Crippen molar-refractivity contribution in [1.29, 1.82) is 0 Å². The maximum Gasteiger partial charge on any atom is 0.0615 e. The van der Waals surface area contributed by atoms with Gasteiger partial charge in [-0.1, -0.05) is 63.6 Å². The number of aliphatic hydroxyl groups excluding tert-OH is 1. The van der Waals surface area contributed by atoms with Gasteiger partial charge in [-0.15, -0.1) is 0 Å². The number of nitrogens with one attached hydrogen (secondary N) is 1. The van der Waals surface area contributed by atoms with E-state index in [0.717, 1.165) is 19.5 Å². The zero-order chi connectivity index (χ0) is 14.0. The van der Waals surface area contributed by atoms with Crippen molar-refractivity contribution in [2.45, 2.75) is 47.1 Å². The third kappa shape index (κ3) is 6.77. The second-order valence-corrected chi connectivity index (χ2v) is 5.12. The molecule has 2 rings (SSSR count). The Hall–Kier alpha value is -0.860. The number of aryl methyl sites for hydroxylation is 1. The van der Waals surface area contributed by atoms with E-state index in [9.17, 15) is 5.11 Å².